The zero-order valence-electron chi connectivity index (χ0n) is 11.9. The number of benzene rings is 2. The fraction of sp³-hybridized carbons (Fsp3) is 0.188. The second kappa shape index (κ2) is 7.44. The largest absolute Gasteiger partial charge is 0.507 e. The van der Waals surface area contributed by atoms with E-state index in [1.54, 1.807) is 36.4 Å². The molecular formula is C16H18N2O4. The number of hydrogen-bond acceptors (Lipinski definition) is 5. The summed E-state index contributed by atoms with van der Waals surface area (Å²) in [6.07, 6.45) is -0.819. The van der Waals surface area contributed by atoms with Crippen LogP contribution in [0.5, 0.6) is 5.75 Å². The number of carbonyl (C=O) groups is 1. The Morgan fingerprint density at radius 3 is 2.32 bits per heavy atom. The number of anilines is 2. The lowest BCUT2D eigenvalue weighted by Crippen LogP contribution is -2.22. The molecule has 0 aliphatic carbocycles. The Kier molecular flexibility index (Phi) is 5.35. The summed E-state index contributed by atoms with van der Waals surface area (Å²) in [5.41, 5.74) is 1.55. The molecule has 1 amide bonds. The van der Waals surface area contributed by atoms with Crippen LogP contribution in [0, 0.1) is 0 Å². The van der Waals surface area contributed by atoms with Crippen molar-refractivity contribution in [2.45, 2.75) is 6.10 Å². The Bertz CT molecular complexity index is 628. The van der Waals surface area contributed by atoms with Crippen molar-refractivity contribution >= 4 is 17.3 Å². The molecule has 22 heavy (non-hydrogen) atoms. The van der Waals surface area contributed by atoms with Crippen molar-refractivity contribution in [2.24, 2.45) is 0 Å². The summed E-state index contributed by atoms with van der Waals surface area (Å²) in [4.78, 5) is 12.0. The molecule has 116 valence electrons. The van der Waals surface area contributed by atoms with Crippen LogP contribution in [0.2, 0.25) is 0 Å². The molecule has 0 saturated carbocycles. The summed E-state index contributed by atoms with van der Waals surface area (Å²) in [7, 11) is 0. The van der Waals surface area contributed by atoms with Gasteiger partial charge in [0.2, 0.25) is 0 Å². The van der Waals surface area contributed by atoms with Crippen molar-refractivity contribution in [1.29, 1.82) is 0 Å². The smallest absolute Gasteiger partial charge is 0.259 e. The van der Waals surface area contributed by atoms with Crippen molar-refractivity contribution in [1.82, 2.24) is 0 Å². The Hall–Kier alpha value is -2.57. The number of phenolic OH excluding ortho intramolecular Hbond substituents is 1. The number of rotatable bonds is 6. The highest BCUT2D eigenvalue weighted by molar-refractivity contribution is 6.06. The lowest BCUT2D eigenvalue weighted by atomic mass is 10.2. The molecule has 6 nitrogen and oxygen atoms in total. The molecule has 0 bridgehead atoms. The molecule has 5 N–H and O–H groups in total. The van der Waals surface area contributed by atoms with Crippen molar-refractivity contribution in [3.8, 4) is 5.75 Å². The average Bonchev–Trinajstić information content (AvgIpc) is 2.54. The van der Waals surface area contributed by atoms with Crippen LogP contribution in [-0.4, -0.2) is 40.5 Å². The lowest BCUT2D eigenvalue weighted by molar-refractivity contribution is 0.102. The van der Waals surface area contributed by atoms with Crippen molar-refractivity contribution < 1.29 is 20.1 Å². The van der Waals surface area contributed by atoms with E-state index >= 15 is 0 Å². The van der Waals surface area contributed by atoms with Crippen LogP contribution in [0.1, 0.15) is 10.4 Å². The van der Waals surface area contributed by atoms with Crippen LogP contribution in [0.4, 0.5) is 11.4 Å². The van der Waals surface area contributed by atoms with E-state index in [0.29, 0.717) is 5.69 Å². The van der Waals surface area contributed by atoms with Crippen molar-refractivity contribution in [2.75, 3.05) is 23.8 Å². The number of carbonyl (C=O) groups excluding carboxylic acids is 1. The first-order valence-corrected chi connectivity index (χ1v) is 6.82. The Balaban J connectivity index is 1.96. The Morgan fingerprint density at radius 2 is 1.68 bits per heavy atom. The molecule has 0 radical (unpaired) electrons. The van der Waals surface area contributed by atoms with E-state index in [4.69, 9.17) is 5.11 Å². The third-order valence-corrected chi connectivity index (χ3v) is 3.04. The zero-order valence-corrected chi connectivity index (χ0v) is 11.9. The average molecular weight is 302 g/mol. The number of amides is 1. The van der Waals surface area contributed by atoms with Crippen LogP contribution in [0.3, 0.4) is 0 Å². The van der Waals surface area contributed by atoms with Gasteiger partial charge in [0.25, 0.3) is 5.91 Å². The first kappa shape index (κ1) is 15.8. The van der Waals surface area contributed by atoms with Gasteiger partial charge >= 0.3 is 0 Å². The molecule has 0 heterocycles. The van der Waals surface area contributed by atoms with Crippen LogP contribution < -0.4 is 10.6 Å². The van der Waals surface area contributed by atoms with E-state index in [-0.39, 0.29) is 24.5 Å². The highest BCUT2D eigenvalue weighted by atomic mass is 16.3. The first-order chi connectivity index (χ1) is 10.6. The topological polar surface area (TPSA) is 102 Å². The minimum atomic E-state index is -0.819. The van der Waals surface area contributed by atoms with Gasteiger partial charge in [-0.2, -0.15) is 0 Å². The van der Waals surface area contributed by atoms with Gasteiger partial charge in [-0.3, -0.25) is 4.79 Å². The standard InChI is InChI=1S/C16H18N2O4/c19-10-13(20)9-17-11-5-7-12(8-6-11)18-16(22)14-3-1-2-4-15(14)21/h1-8,13,17,19-21H,9-10H2,(H,18,22). The number of nitrogens with one attached hydrogen (secondary N) is 2. The molecule has 0 spiro atoms. The zero-order chi connectivity index (χ0) is 15.9. The second-order valence-electron chi connectivity index (χ2n) is 4.77. The fourth-order valence-electron chi connectivity index (χ4n) is 1.84. The molecule has 2 aromatic carbocycles. The Morgan fingerprint density at radius 1 is 1.05 bits per heavy atom. The number of aliphatic hydroxyl groups excluding tert-OH is 2. The van der Waals surface area contributed by atoms with E-state index in [9.17, 15) is 15.0 Å². The van der Waals surface area contributed by atoms with Gasteiger partial charge in [-0.15, -0.1) is 0 Å². The van der Waals surface area contributed by atoms with Crippen molar-refractivity contribution in [3.05, 3.63) is 54.1 Å². The number of aromatic hydroxyl groups is 1. The van der Waals surface area contributed by atoms with Gasteiger partial charge in [-0.1, -0.05) is 12.1 Å². The predicted molar refractivity (Wildman–Crippen MR) is 84.1 cm³/mol. The molecule has 0 fully saturated rings. The number of hydrogen-bond donors (Lipinski definition) is 5. The van der Waals surface area contributed by atoms with Gasteiger partial charge in [-0.05, 0) is 36.4 Å². The third kappa shape index (κ3) is 4.21. The summed E-state index contributed by atoms with van der Waals surface area (Å²) < 4.78 is 0. The number of aliphatic hydroxyl groups is 2. The van der Waals surface area contributed by atoms with Gasteiger partial charge in [-0.25, -0.2) is 0 Å². The summed E-state index contributed by atoms with van der Waals surface area (Å²) in [5.74, 6) is -0.467. The lowest BCUT2D eigenvalue weighted by Gasteiger charge is -2.11. The second-order valence-corrected chi connectivity index (χ2v) is 4.77. The van der Waals surface area contributed by atoms with Gasteiger partial charge < -0.3 is 26.0 Å². The van der Waals surface area contributed by atoms with Crippen LogP contribution in [0.25, 0.3) is 0 Å². The summed E-state index contributed by atoms with van der Waals surface area (Å²) in [5, 5.41) is 33.3. The fourth-order valence-corrected chi connectivity index (χ4v) is 1.84. The summed E-state index contributed by atoms with van der Waals surface area (Å²) in [6, 6.07) is 13.2. The molecule has 0 aliphatic heterocycles. The monoisotopic (exact) mass is 302 g/mol. The number of phenols is 1. The molecule has 0 aliphatic rings. The van der Waals surface area contributed by atoms with E-state index in [1.165, 1.54) is 12.1 Å². The summed E-state index contributed by atoms with van der Waals surface area (Å²) in [6.45, 7) is -0.0677. The van der Waals surface area contributed by atoms with Crippen LogP contribution in [-0.2, 0) is 0 Å². The van der Waals surface area contributed by atoms with Gasteiger partial charge in [0.05, 0.1) is 18.3 Å². The van der Waals surface area contributed by atoms with Crippen LogP contribution in [0.15, 0.2) is 48.5 Å². The number of para-hydroxylation sites is 1. The molecule has 6 heteroatoms. The molecule has 2 rings (SSSR count). The maximum atomic E-state index is 12.0. The minimum absolute atomic E-state index is 0.0729. The van der Waals surface area contributed by atoms with Gasteiger partial charge in [0.15, 0.2) is 0 Å². The van der Waals surface area contributed by atoms with E-state index in [0.717, 1.165) is 5.69 Å². The minimum Gasteiger partial charge on any atom is -0.507 e. The van der Waals surface area contributed by atoms with Gasteiger partial charge in [0.1, 0.15) is 5.75 Å². The SMILES string of the molecule is O=C(Nc1ccc(NCC(O)CO)cc1)c1ccccc1O. The highest BCUT2D eigenvalue weighted by Gasteiger charge is 2.10. The van der Waals surface area contributed by atoms with E-state index in [1.807, 2.05) is 0 Å². The highest BCUT2D eigenvalue weighted by Crippen LogP contribution is 2.19. The van der Waals surface area contributed by atoms with Gasteiger partial charge in [0, 0.05) is 17.9 Å². The van der Waals surface area contributed by atoms with Crippen molar-refractivity contribution in [3.63, 3.8) is 0 Å². The maximum Gasteiger partial charge on any atom is 0.259 e. The Labute approximate surface area is 128 Å². The normalized spacial score (nSPS) is 11.7. The van der Waals surface area contributed by atoms with E-state index < -0.39 is 12.0 Å². The quantitative estimate of drug-likeness (QED) is 0.555. The molecule has 2 aromatic rings. The molecule has 1 atom stereocenters. The molecule has 0 aromatic heterocycles. The third-order valence-electron chi connectivity index (χ3n) is 3.04. The molecular weight excluding hydrogens is 284 g/mol. The molecule has 1 unspecified atom stereocenters. The predicted octanol–water partition coefficient (Wildman–Crippen LogP) is 1.41. The molecule has 0 saturated heterocycles. The summed E-state index contributed by atoms with van der Waals surface area (Å²) >= 11 is 0. The van der Waals surface area contributed by atoms with E-state index in [2.05, 4.69) is 10.6 Å². The maximum absolute atomic E-state index is 12.0. The first-order valence-electron chi connectivity index (χ1n) is 6.82. The van der Waals surface area contributed by atoms with Crippen LogP contribution >= 0.6 is 0 Å².